The summed E-state index contributed by atoms with van der Waals surface area (Å²) in [6, 6.07) is 8.29. The van der Waals surface area contributed by atoms with Crippen LogP contribution in [0.25, 0.3) is 0 Å². The topological polar surface area (TPSA) is 134 Å². The van der Waals surface area contributed by atoms with Crippen LogP contribution in [0.1, 0.15) is 136 Å². The third-order valence-corrected chi connectivity index (χ3v) is 6.93. The zero-order valence-electron chi connectivity index (χ0n) is 27.0. The van der Waals surface area contributed by atoms with Crippen LogP contribution in [-0.4, -0.2) is 41.7 Å². The van der Waals surface area contributed by atoms with Crippen molar-refractivity contribution in [2.24, 2.45) is 5.73 Å². The van der Waals surface area contributed by atoms with Gasteiger partial charge >= 0.3 is 18.0 Å². The van der Waals surface area contributed by atoms with Crippen molar-refractivity contribution in [1.29, 1.82) is 0 Å². The number of unbranched alkanes of at least 4 members (excludes halogenated alkanes) is 10. The predicted molar refractivity (Wildman–Crippen MR) is 168 cm³/mol. The van der Waals surface area contributed by atoms with E-state index < -0.39 is 41.7 Å². The molecular weight excluding hydrogens is 548 g/mol. The molecule has 0 aliphatic rings. The zero-order valence-corrected chi connectivity index (χ0v) is 27.0. The number of alkyl carbamates (subject to hydrolysis) is 1. The molecule has 0 unspecified atom stereocenters. The van der Waals surface area contributed by atoms with Gasteiger partial charge in [0.15, 0.2) is 0 Å². The molecule has 0 bridgehead atoms. The molecule has 244 valence electrons. The molecule has 0 radical (unpaired) electrons. The lowest BCUT2D eigenvalue weighted by atomic mass is 10.0. The summed E-state index contributed by atoms with van der Waals surface area (Å²) >= 11 is 0. The number of primary amides is 1. The van der Waals surface area contributed by atoms with Crippen molar-refractivity contribution < 1.29 is 33.4 Å². The monoisotopic (exact) mass is 604 g/mol. The molecule has 1 rings (SSSR count). The summed E-state index contributed by atoms with van der Waals surface area (Å²) in [6.45, 7) is 7.55. The van der Waals surface area contributed by atoms with Crippen molar-refractivity contribution in [3.05, 3.63) is 35.9 Å². The number of carbonyl (C=O) groups is 4. The van der Waals surface area contributed by atoms with Gasteiger partial charge in [-0.2, -0.15) is 0 Å². The van der Waals surface area contributed by atoms with Crippen LogP contribution in [-0.2, 0) is 35.2 Å². The number of esters is 2. The average molecular weight is 605 g/mol. The molecule has 0 aliphatic heterocycles. The van der Waals surface area contributed by atoms with E-state index in [-0.39, 0.29) is 32.3 Å². The molecule has 2 amide bonds. The Morgan fingerprint density at radius 1 is 0.814 bits per heavy atom. The maximum atomic E-state index is 13.2. The third-order valence-electron chi connectivity index (χ3n) is 6.93. The molecule has 0 saturated heterocycles. The molecule has 43 heavy (non-hydrogen) atoms. The van der Waals surface area contributed by atoms with Crippen LogP contribution in [0.2, 0.25) is 0 Å². The van der Waals surface area contributed by atoms with Crippen LogP contribution in [0.5, 0.6) is 0 Å². The van der Waals surface area contributed by atoms with Crippen LogP contribution < -0.4 is 11.1 Å². The van der Waals surface area contributed by atoms with Crippen molar-refractivity contribution in [3.63, 3.8) is 0 Å². The van der Waals surface area contributed by atoms with Gasteiger partial charge in [-0.15, -0.1) is 0 Å². The first-order valence-corrected chi connectivity index (χ1v) is 16.2. The molecule has 0 heterocycles. The Labute approximate surface area is 259 Å². The maximum Gasteiger partial charge on any atom is 0.408 e. The minimum absolute atomic E-state index is 0.0655. The molecule has 9 heteroatoms. The van der Waals surface area contributed by atoms with Crippen LogP contribution in [0.15, 0.2) is 30.3 Å². The number of carbonyl (C=O) groups excluding carboxylic acids is 4. The van der Waals surface area contributed by atoms with Crippen LogP contribution in [0, 0.1) is 0 Å². The van der Waals surface area contributed by atoms with E-state index in [4.69, 9.17) is 19.9 Å². The average Bonchev–Trinajstić information content (AvgIpc) is 2.93. The highest BCUT2D eigenvalue weighted by Gasteiger charge is 2.28. The molecule has 0 aromatic heterocycles. The second-order valence-electron chi connectivity index (χ2n) is 12.3. The molecule has 0 spiro atoms. The molecule has 0 saturated carbocycles. The fourth-order valence-corrected chi connectivity index (χ4v) is 4.67. The fourth-order valence-electron chi connectivity index (χ4n) is 4.67. The van der Waals surface area contributed by atoms with Crippen LogP contribution >= 0.6 is 0 Å². The largest absolute Gasteiger partial charge is 0.461 e. The number of hydrogen-bond acceptors (Lipinski definition) is 7. The Morgan fingerprint density at radius 3 is 1.95 bits per heavy atom. The van der Waals surface area contributed by atoms with Gasteiger partial charge in [0, 0.05) is 6.42 Å². The van der Waals surface area contributed by atoms with Crippen LogP contribution in [0.3, 0.4) is 0 Å². The first-order valence-electron chi connectivity index (χ1n) is 16.2. The number of ether oxygens (including phenoxy) is 3. The Bertz CT molecular complexity index is 930. The Kier molecular flexibility index (Phi) is 19.8. The summed E-state index contributed by atoms with van der Waals surface area (Å²) in [5, 5.41) is 2.57. The summed E-state index contributed by atoms with van der Waals surface area (Å²) in [6.07, 6.45) is 12.5. The second-order valence-corrected chi connectivity index (χ2v) is 12.3. The standard InChI is InChI=1S/C34H56N2O7/c1-5-6-7-8-9-10-11-12-13-14-18-22-28(25-30(35)37)42-32(39)29(36-33(40)43-34(2,3)4)23-19-24-31(38)41-26-27-20-16-15-17-21-27/h15-17,20-21,28-29H,5-14,18-19,22-26H2,1-4H3,(H2,35,37)(H,36,40)/t28-,29-/m0/s1. The van der Waals surface area contributed by atoms with Gasteiger partial charge < -0.3 is 25.3 Å². The van der Waals surface area contributed by atoms with E-state index >= 15 is 0 Å². The lowest BCUT2D eigenvalue weighted by Crippen LogP contribution is -2.45. The molecule has 9 nitrogen and oxygen atoms in total. The number of nitrogens with one attached hydrogen (secondary N) is 1. The Balaban J connectivity index is 2.58. The molecule has 2 atom stereocenters. The number of nitrogens with two attached hydrogens (primary N) is 1. The number of hydrogen-bond donors (Lipinski definition) is 2. The number of rotatable bonds is 23. The van der Waals surface area contributed by atoms with Gasteiger partial charge in [-0.1, -0.05) is 101 Å². The third kappa shape index (κ3) is 21.3. The molecule has 1 aromatic carbocycles. The second kappa shape index (κ2) is 22.4. The zero-order chi connectivity index (χ0) is 31.9. The summed E-state index contributed by atoms with van der Waals surface area (Å²) in [5.74, 6) is -1.65. The normalized spacial score (nSPS) is 12.7. The minimum atomic E-state index is -1.05. The van der Waals surface area contributed by atoms with Crippen molar-refractivity contribution in [2.75, 3.05) is 0 Å². The SMILES string of the molecule is CCCCCCCCCCCCC[C@@H](CC(N)=O)OC(=O)[C@H](CCCC(=O)OCc1ccccc1)NC(=O)OC(C)(C)C. The molecule has 3 N–H and O–H groups in total. The quantitative estimate of drug-likeness (QED) is 0.0761. The number of benzene rings is 1. The van der Waals surface area contributed by atoms with E-state index in [1.54, 1.807) is 20.8 Å². The first-order chi connectivity index (χ1) is 20.5. The lowest BCUT2D eigenvalue weighted by Gasteiger charge is -2.24. The molecule has 1 aromatic rings. The van der Waals surface area contributed by atoms with Gasteiger partial charge in [-0.25, -0.2) is 9.59 Å². The van der Waals surface area contributed by atoms with Crippen molar-refractivity contribution in [3.8, 4) is 0 Å². The van der Waals surface area contributed by atoms with E-state index in [1.165, 1.54) is 51.4 Å². The Morgan fingerprint density at radius 2 is 1.40 bits per heavy atom. The van der Waals surface area contributed by atoms with Crippen molar-refractivity contribution >= 4 is 23.9 Å². The summed E-state index contributed by atoms with van der Waals surface area (Å²) in [5.41, 5.74) is 5.55. The van der Waals surface area contributed by atoms with Gasteiger partial charge in [0.1, 0.15) is 24.4 Å². The predicted octanol–water partition coefficient (Wildman–Crippen LogP) is 7.28. The van der Waals surface area contributed by atoms with E-state index in [2.05, 4.69) is 12.2 Å². The highest BCUT2D eigenvalue weighted by Crippen LogP contribution is 2.17. The smallest absolute Gasteiger partial charge is 0.408 e. The van der Waals surface area contributed by atoms with E-state index in [0.717, 1.165) is 24.8 Å². The molecule has 0 fully saturated rings. The van der Waals surface area contributed by atoms with Crippen molar-refractivity contribution in [1.82, 2.24) is 5.32 Å². The first kappa shape index (κ1) is 37.9. The summed E-state index contributed by atoms with van der Waals surface area (Å²) in [4.78, 5) is 49.6. The molecule has 0 aliphatic carbocycles. The summed E-state index contributed by atoms with van der Waals surface area (Å²) < 4.78 is 16.3. The van der Waals surface area contributed by atoms with Gasteiger partial charge in [-0.3, -0.25) is 9.59 Å². The van der Waals surface area contributed by atoms with E-state index in [1.807, 2.05) is 30.3 Å². The van der Waals surface area contributed by atoms with Gasteiger partial charge in [-0.05, 0) is 52.0 Å². The van der Waals surface area contributed by atoms with Gasteiger partial charge in [0.2, 0.25) is 5.91 Å². The maximum absolute atomic E-state index is 13.2. The van der Waals surface area contributed by atoms with Gasteiger partial charge in [0.05, 0.1) is 6.42 Å². The van der Waals surface area contributed by atoms with Crippen LogP contribution in [0.4, 0.5) is 4.79 Å². The van der Waals surface area contributed by atoms with E-state index in [0.29, 0.717) is 6.42 Å². The van der Waals surface area contributed by atoms with Gasteiger partial charge in [0.25, 0.3) is 0 Å². The highest BCUT2D eigenvalue weighted by atomic mass is 16.6. The lowest BCUT2D eigenvalue weighted by molar-refractivity contribution is -0.154. The fraction of sp³-hybridized carbons (Fsp3) is 0.706. The van der Waals surface area contributed by atoms with Crippen molar-refractivity contribution in [2.45, 2.75) is 155 Å². The van der Waals surface area contributed by atoms with E-state index in [9.17, 15) is 19.2 Å². The summed E-state index contributed by atoms with van der Waals surface area (Å²) in [7, 11) is 0. The Hall–Kier alpha value is -3.10. The highest BCUT2D eigenvalue weighted by molar-refractivity contribution is 5.82. The minimum Gasteiger partial charge on any atom is -0.461 e. The molecular formula is C34H56N2O7. The number of amides is 2.